The van der Waals surface area contributed by atoms with E-state index in [0.717, 1.165) is 66.5 Å². The van der Waals surface area contributed by atoms with Crippen molar-refractivity contribution in [2.75, 3.05) is 19.6 Å². The molecule has 272 valence electrons. The number of hydrogen-bond acceptors (Lipinski definition) is 5. The molecule has 0 heterocycles. The van der Waals surface area contributed by atoms with Crippen LogP contribution in [0.3, 0.4) is 0 Å². The van der Waals surface area contributed by atoms with E-state index in [-0.39, 0.29) is 36.2 Å². The first-order valence-electron chi connectivity index (χ1n) is 19.2. The lowest BCUT2D eigenvalue weighted by Gasteiger charge is -2.57. The maximum Gasteiger partial charge on any atom is 0.242 e. The van der Waals surface area contributed by atoms with Gasteiger partial charge < -0.3 is 26.6 Å². The number of carbonyl (C=O) groups excluding carboxylic acids is 3. The second kappa shape index (κ2) is 17.5. The van der Waals surface area contributed by atoms with Gasteiger partial charge in [-0.2, -0.15) is 0 Å². The molecule has 3 aromatic carbocycles. The summed E-state index contributed by atoms with van der Waals surface area (Å²) in [6.45, 7) is 1.62. The molecule has 8 nitrogen and oxygen atoms in total. The second-order valence-corrected chi connectivity index (χ2v) is 15.9. The summed E-state index contributed by atoms with van der Waals surface area (Å²) in [5.41, 5.74) is 15.2. The number of rotatable bonds is 18. The van der Waals surface area contributed by atoms with Crippen LogP contribution in [-0.4, -0.2) is 59.2 Å². The third kappa shape index (κ3) is 10.3. The summed E-state index contributed by atoms with van der Waals surface area (Å²) >= 11 is 0. The summed E-state index contributed by atoms with van der Waals surface area (Å²) in [6.07, 6.45) is 10.4. The molecule has 0 aliphatic heterocycles. The summed E-state index contributed by atoms with van der Waals surface area (Å²) in [5, 5.41) is 3.21. The van der Waals surface area contributed by atoms with Gasteiger partial charge in [-0.05, 0) is 104 Å². The Kier molecular flexibility index (Phi) is 12.6. The zero-order valence-electron chi connectivity index (χ0n) is 30.1. The SMILES string of the molecule is NCCCC[C@H](N)C(=O)N[C@@H](Cc1ccccc1)CN(CC(=O)N(Cc1ccccc1)Cc1ccccc1)C(=O)C[C@]12CC3C[C@H](C[C@H](C3)C1)C2. The van der Waals surface area contributed by atoms with E-state index in [4.69, 9.17) is 11.5 Å². The third-order valence-electron chi connectivity index (χ3n) is 11.6. The van der Waals surface area contributed by atoms with Gasteiger partial charge in [0.2, 0.25) is 17.7 Å². The molecule has 3 amide bonds. The third-order valence-corrected chi connectivity index (χ3v) is 11.6. The van der Waals surface area contributed by atoms with Gasteiger partial charge in [0.05, 0.1) is 18.6 Å². The van der Waals surface area contributed by atoms with Crippen molar-refractivity contribution in [1.29, 1.82) is 0 Å². The summed E-state index contributed by atoms with van der Waals surface area (Å²) in [4.78, 5) is 46.2. The maximum absolute atomic E-state index is 14.7. The number of nitrogens with zero attached hydrogens (tertiary/aromatic N) is 2. The topological polar surface area (TPSA) is 122 Å². The Morgan fingerprint density at radius 2 is 1.22 bits per heavy atom. The molecule has 5 N–H and O–H groups in total. The van der Waals surface area contributed by atoms with Gasteiger partial charge >= 0.3 is 0 Å². The number of amides is 3. The van der Waals surface area contributed by atoms with Crippen LogP contribution in [0.25, 0.3) is 0 Å². The summed E-state index contributed by atoms with van der Waals surface area (Å²) in [7, 11) is 0. The van der Waals surface area contributed by atoms with Crippen LogP contribution in [0.1, 0.15) is 80.9 Å². The summed E-state index contributed by atoms with van der Waals surface area (Å²) in [6, 6.07) is 28.9. The van der Waals surface area contributed by atoms with Crippen molar-refractivity contribution < 1.29 is 14.4 Å². The number of unbranched alkanes of at least 4 members (excludes halogenated alkanes) is 1. The maximum atomic E-state index is 14.7. The zero-order chi connectivity index (χ0) is 35.6. The van der Waals surface area contributed by atoms with Gasteiger partial charge in [-0.3, -0.25) is 14.4 Å². The second-order valence-electron chi connectivity index (χ2n) is 15.9. The smallest absolute Gasteiger partial charge is 0.242 e. The molecule has 0 aromatic heterocycles. The molecule has 3 aromatic rings. The van der Waals surface area contributed by atoms with Crippen molar-refractivity contribution in [2.45, 2.75) is 95.8 Å². The Hall–Kier alpha value is -4.01. The van der Waals surface area contributed by atoms with Crippen molar-refractivity contribution in [1.82, 2.24) is 15.1 Å². The van der Waals surface area contributed by atoms with Crippen LogP contribution in [0.15, 0.2) is 91.0 Å². The first kappa shape index (κ1) is 36.8. The Labute approximate surface area is 304 Å². The number of nitrogens with one attached hydrogen (secondary N) is 1. The van der Waals surface area contributed by atoms with Gasteiger partial charge in [-0.25, -0.2) is 0 Å². The molecular formula is C43H57N5O3. The molecule has 8 heteroatoms. The van der Waals surface area contributed by atoms with E-state index >= 15 is 0 Å². The number of hydrogen-bond donors (Lipinski definition) is 3. The molecular weight excluding hydrogens is 635 g/mol. The molecule has 51 heavy (non-hydrogen) atoms. The lowest BCUT2D eigenvalue weighted by molar-refractivity contribution is -0.146. The highest BCUT2D eigenvalue weighted by atomic mass is 16.2. The average molecular weight is 692 g/mol. The van der Waals surface area contributed by atoms with Crippen molar-refractivity contribution in [2.24, 2.45) is 34.6 Å². The van der Waals surface area contributed by atoms with Crippen LogP contribution in [0, 0.1) is 23.2 Å². The van der Waals surface area contributed by atoms with Crippen LogP contribution in [-0.2, 0) is 33.9 Å². The first-order valence-corrected chi connectivity index (χ1v) is 19.2. The molecule has 7 rings (SSSR count). The number of benzene rings is 3. The zero-order valence-corrected chi connectivity index (χ0v) is 30.1. The molecule has 0 spiro atoms. The predicted molar refractivity (Wildman–Crippen MR) is 202 cm³/mol. The van der Waals surface area contributed by atoms with Crippen LogP contribution in [0.4, 0.5) is 0 Å². The largest absolute Gasteiger partial charge is 0.350 e. The Morgan fingerprint density at radius 3 is 1.73 bits per heavy atom. The quantitative estimate of drug-likeness (QED) is 0.145. The van der Waals surface area contributed by atoms with Crippen molar-refractivity contribution >= 4 is 17.7 Å². The molecule has 4 bridgehead atoms. The summed E-state index contributed by atoms with van der Waals surface area (Å²) < 4.78 is 0. The molecule has 2 atom stereocenters. The molecule has 0 unspecified atom stereocenters. The van der Waals surface area contributed by atoms with Crippen molar-refractivity contribution in [3.05, 3.63) is 108 Å². The van der Waals surface area contributed by atoms with E-state index in [2.05, 4.69) is 5.32 Å². The van der Waals surface area contributed by atoms with Gasteiger partial charge in [-0.1, -0.05) is 97.4 Å². The van der Waals surface area contributed by atoms with Gasteiger partial charge in [-0.15, -0.1) is 0 Å². The van der Waals surface area contributed by atoms with Gasteiger partial charge in [0.15, 0.2) is 0 Å². The minimum atomic E-state index is -0.667. The average Bonchev–Trinajstić information content (AvgIpc) is 3.11. The van der Waals surface area contributed by atoms with Crippen LogP contribution in [0.5, 0.6) is 0 Å². The van der Waals surface area contributed by atoms with E-state index in [0.29, 0.717) is 38.9 Å². The highest BCUT2D eigenvalue weighted by Crippen LogP contribution is 2.61. The minimum Gasteiger partial charge on any atom is -0.350 e. The molecule has 4 aliphatic rings. The lowest BCUT2D eigenvalue weighted by atomic mass is 9.49. The predicted octanol–water partition coefficient (Wildman–Crippen LogP) is 5.83. The van der Waals surface area contributed by atoms with Crippen LogP contribution < -0.4 is 16.8 Å². The Bertz CT molecular complexity index is 1490. The van der Waals surface area contributed by atoms with Crippen LogP contribution in [0.2, 0.25) is 0 Å². The molecule has 0 saturated heterocycles. The fourth-order valence-corrected chi connectivity index (χ4v) is 9.57. The van der Waals surface area contributed by atoms with E-state index in [1.54, 1.807) is 4.90 Å². The lowest BCUT2D eigenvalue weighted by Crippen LogP contribution is -2.54. The minimum absolute atomic E-state index is 0.0178. The monoisotopic (exact) mass is 691 g/mol. The van der Waals surface area contributed by atoms with Gasteiger partial charge in [0.25, 0.3) is 0 Å². The standard InChI is InChI=1S/C43H57N5O3/c44-19-11-10-18-39(45)42(51)46-38(23-32-12-4-1-5-13-32)30-48(40(49)27-43-24-35-20-36(25-43)22-37(21-35)26-43)31-41(50)47(28-33-14-6-2-7-15-33)29-34-16-8-3-9-17-34/h1-9,12-17,35-39H,10-11,18-31,44-45H2,(H,46,51)/t35-,36+,37?,38-,39-,43-/m0/s1. The Morgan fingerprint density at radius 1 is 0.706 bits per heavy atom. The normalized spacial score (nSPS) is 23.0. The fourth-order valence-electron chi connectivity index (χ4n) is 9.57. The van der Waals surface area contributed by atoms with E-state index < -0.39 is 12.1 Å². The molecule has 4 saturated carbocycles. The van der Waals surface area contributed by atoms with Crippen LogP contribution >= 0.6 is 0 Å². The first-order chi connectivity index (χ1) is 24.8. The highest BCUT2D eigenvalue weighted by Gasteiger charge is 2.52. The van der Waals surface area contributed by atoms with E-state index in [9.17, 15) is 14.4 Å². The van der Waals surface area contributed by atoms with E-state index in [1.165, 1.54) is 19.3 Å². The summed E-state index contributed by atoms with van der Waals surface area (Å²) in [5.74, 6) is 1.84. The van der Waals surface area contributed by atoms with Crippen molar-refractivity contribution in [3.8, 4) is 0 Å². The fraction of sp³-hybridized carbons (Fsp3) is 0.512. The number of nitrogens with two attached hydrogens (primary N) is 2. The Balaban J connectivity index is 1.26. The molecule has 4 aliphatic carbocycles. The molecule has 0 radical (unpaired) electrons. The van der Waals surface area contributed by atoms with E-state index in [1.807, 2.05) is 95.9 Å². The highest BCUT2D eigenvalue weighted by molar-refractivity contribution is 5.86. The number of carbonyl (C=O) groups is 3. The van der Waals surface area contributed by atoms with Gasteiger partial charge in [0, 0.05) is 26.1 Å². The van der Waals surface area contributed by atoms with Crippen molar-refractivity contribution in [3.63, 3.8) is 0 Å². The van der Waals surface area contributed by atoms with Gasteiger partial charge in [0.1, 0.15) is 0 Å². The molecule has 4 fully saturated rings.